The van der Waals surface area contributed by atoms with Crippen molar-refractivity contribution in [3.8, 4) is 0 Å². The third kappa shape index (κ3) is 0.956. The van der Waals surface area contributed by atoms with Crippen molar-refractivity contribution >= 4 is 27.9 Å². The number of para-hydroxylation sites is 1. The van der Waals surface area contributed by atoms with Crippen LogP contribution in [0.5, 0.6) is 0 Å². The van der Waals surface area contributed by atoms with Crippen molar-refractivity contribution in [2.45, 2.75) is 0 Å². The number of nitrogen functional groups attached to an aromatic ring is 1. The molecule has 3 heteroatoms. The molecule has 1 aromatic carbocycles. The molecule has 0 fully saturated rings. The molecular weight excluding hydrogens is 176 g/mol. The largest absolute Gasteiger partial charge is 0.439 e. The van der Waals surface area contributed by atoms with Crippen molar-refractivity contribution in [3.05, 3.63) is 36.4 Å². The average Bonchev–Trinajstić information content (AvgIpc) is 2.53. The minimum atomic E-state index is 0.405. The van der Waals surface area contributed by atoms with Crippen LogP contribution in [0.2, 0.25) is 0 Å². The Labute approximate surface area is 80.1 Å². The number of benzene rings is 1. The van der Waals surface area contributed by atoms with Crippen LogP contribution in [0.4, 0.5) is 5.88 Å². The quantitative estimate of drug-likeness (QED) is 0.584. The van der Waals surface area contributed by atoms with Crippen LogP contribution in [-0.2, 0) is 0 Å². The van der Waals surface area contributed by atoms with Gasteiger partial charge in [0.25, 0.3) is 0 Å². The maximum Gasteiger partial charge on any atom is 0.193 e. The zero-order valence-corrected chi connectivity index (χ0v) is 7.40. The maximum atomic E-state index is 5.55. The summed E-state index contributed by atoms with van der Waals surface area (Å²) in [6.07, 6.45) is 0. The van der Waals surface area contributed by atoms with E-state index >= 15 is 0 Å². The van der Waals surface area contributed by atoms with Crippen molar-refractivity contribution in [1.82, 2.24) is 4.98 Å². The molecular formula is C11H8N2O. The van der Waals surface area contributed by atoms with Crippen LogP contribution in [-0.4, -0.2) is 4.98 Å². The van der Waals surface area contributed by atoms with Gasteiger partial charge in [-0.05, 0) is 12.1 Å². The highest BCUT2D eigenvalue weighted by atomic mass is 16.3. The van der Waals surface area contributed by atoms with Crippen LogP contribution in [0.25, 0.3) is 22.0 Å². The van der Waals surface area contributed by atoms with E-state index in [1.165, 1.54) is 0 Å². The van der Waals surface area contributed by atoms with Gasteiger partial charge in [-0.2, -0.15) is 0 Å². The summed E-state index contributed by atoms with van der Waals surface area (Å²) in [5, 5.41) is 1.06. The number of nitrogens with two attached hydrogens (primary N) is 1. The molecule has 14 heavy (non-hydrogen) atoms. The second-order valence-corrected chi connectivity index (χ2v) is 3.21. The molecule has 0 aliphatic heterocycles. The van der Waals surface area contributed by atoms with E-state index in [1.807, 2.05) is 30.3 Å². The minimum absolute atomic E-state index is 0.405. The predicted octanol–water partition coefficient (Wildman–Crippen LogP) is 2.56. The second kappa shape index (κ2) is 2.48. The van der Waals surface area contributed by atoms with Gasteiger partial charge in [-0.3, -0.25) is 0 Å². The molecule has 2 aromatic heterocycles. The van der Waals surface area contributed by atoms with Gasteiger partial charge in [-0.25, -0.2) is 4.98 Å². The van der Waals surface area contributed by atoms with Crippen LogP contribution in [0.1, 0.15) is 0 Å². The zero-order valence-electron chi connectivity index (χ0n) is 7.40. The predicted molar refractivity (Wildman–Crippen MR) is 55.9 cm³/mol. The van der Waals surface area contributed by atoms with E-state index in [0.29, 0.717) is 5.88 Å². The normalized spacial score (nSPS) is 11.1. The van der Waals surface area contributed by atoms with Crippen LogP contribution in [0.15, 0.2) is 40.8 Å². The summed E-state index contributed by atoms with van der Waals surface area (Å²) in [6, 6.07) is 11.6. The highest BCUT2D eigenvalue weighted by Crippen LogP contribution is 2.23. The first kappa shape index (κ1) is 7.38. The topological polar surface area (TPSA) is 52.0 Å². The van der Waals surface area contributed by atoms with Crippen molar-refractivity contribution in [3.63, 3.8) is 0 Å². The molecule has 0 bridgehead atoms. The molecule has 0 atom stereocenters. The van der Waals surface area contributed by atoms with Gasteiger partial charge in [-0.1, -0.05) is 18.2 Å². The van der Waals surface area contributed by atoms with E-state index in [9.17, 15) is 0 Å². The van der Waals surface area contributed by atoms with Gasteiger partial charge in [0.1, 0.15) is 5.52 Å². The fraction of sp³-hybridized carbons (Fsp3) is 0. The van der Waals surface area contributed by atoms with Gasteiger partial charge in [0.05, 0.1) is 5.52 Å². The molecule has 0 spiro atoms. The summed E-state index contributed by atoms with van der Waals surface area (Å²) in [4.78, 5) is 4.42. The summed E-state index contributed by atoms with van der Waals surface area (Å²) < 4.78 is 5.29. The van der Waals surface area contributed by atoms with Crippen LogP contribution < -0.4 is 5.73 Å². The zero-order chi connectivity index (χ0) is 9.54. The van der Waals surface area contributed by atoms with Crippen LogP contribution in [0.3, 0.4) is 0 Å². The fourth-order valence-electron chi connectivity index (χ4n) is 1.59. The Bertz CT molecular complexity index is 560. The summed E-state index contributed by atoms with van der Waals surface area (Å²) in [7, 11) is 0. The van der Waals surface area contributed by atoms with Crippen molar-refractivity contribution < 1.29 is 4.42 Å². The standard InChI is InChI=1S/C11H8N2O/c12-11-6-9-10(14-11)5-7-3-1-2-4-8(7)13-9/h1-6H,12H2. The lowest BCUT2D eigenvalue weighted by Crippen LogP contribution is -1.77. The SMILES string of the molecule is Nc1cc2nc3ccccc3cc2o1. The van der Waals surface area contributed by atoms with E-state index in [-0.39, 0.29) is 0 Å². The number of rotatable bonds is 0. The van der Waals surface area contributed by atoms with Gasteiger partial charge >= 0.3 is 0 Å². The Hall–Kier alpha value is -2.03. The average molecular weight is 184 g/mol. The number of fused-ring (bicyclic) bond motifs is 2. The Kier molecular flexibility index (Phi) is 1.31. The summed E-state index contributed by atoms with van der Waals surface area (Å²) in [5.74, 6) is 0.405. The smallest absolute Gasteiger partial charge is 0.193 e. The molecule has 0 radical (unpaired) electrons. The van der Waals surface area contributed by atoms with Gasteiger partial charge in [-0.15, -0.1) is 0 Å². The Morgan fingerprint density at radius 3 is 2.86 bits per heavy atom. The number of pyridine rings is 1. The lowest BCUT2D eigenvalue weighted by atomic mass is 10.2. The molecule has 0 saturated heterocycles. The van der Waals surface area contributed by atoms with Gasteiger partial charge in [0.2, 0.25) is 0 Å². The third-order valence-corrected chi connectivity index (χ3v) is 2.22. The molecule has 3 rings (SSSR count). The van der Waals surface area contributed by atoms with Gasteiger partial charge in [0.15, 0.2) is 11.5 Å². The van der Waals surface area contributed by atoms with Crippen molar-refractivity contribution in [2.24, 2.45) is 0 Å². The van der Waals surface area contributed by atoms with Gasteiger partial charge < -0.3 is 10.2 Å². The van der Waals surface area contributed by atoms with Crippen LogP contribution in [0, 0.1) is 0 Å². The number of anilines is 1. The first-order chi connectivity index (χ1) is 6.83. The van der Waals surface area contributed by atoms with Gasteiger partial charge in [0, 0.05) is 11.5 Å². The monoisotopic (exact) mass is 184 g/mol. The van der Waals surface area contributed by atoms with E-state index in [2.05, 4.69) is 4.98 Å². The number of aromatic nitrogens is 1. The number of nitrogens with zero attached hydrogens (tertiary/aromatic N) is 1. The molecule has 3 nitrogen and oxygen atoms in total. The van der Waals surface area contributed by atoms with E-state index in [0.717, 1.165) is 22.0 Å². The lowest BCUT2D eigenvalue weighted by Gasteiger charge is -1.94. The van der Waals surface area contributed by atoms with Crippen molar-refractivity contribution in [1.29, 1.82) is 0 Å². The highest BCUT2D eigenvalue weighted by molar-refractivity contribution is 5.90. The van der Waals surface area contributed by atoms with E-state index in [4.69, 9.17) is 10.2 Å². The Morgan fingerprint density at radius 1 is 1.07 bits per heavy atom. The number of hydrogen-bond donors (Lipinski definition) is 1. The molecule has 68 valence electrons. The summed E-state index contributed by atoms with van der Waals surface area (Å²) in [6.45, 7) is 0. The molecule has 0 aliphatic carbocycles. The Morgan fingerprint density at radius 2 is 1.93 bits per heavy atom. The molecule has 2 N–H and O–H groups in total. The van der Waals surface area contributed by atoms with E-state index in [1.54, 1.807) is 6.07 Å². The molecule has 3 aromatic rings. The van der Waals surface area contributed by atoms with Crippen molar-refractivity contribution in [2.75, 3.05) is 5.73 Å². The van der Waals surface area contributed by atoms with E-state index < -0.39 is 0 Å². The second-order valence-electron chi connectivity index (χ2n) is 3.21. The highest BCUT2D eigenvalue weighted by Gasteiger charge is 2.03. The fourth-order valence-corrected chi connectivity index (χ4v) is 1.59. The lowest BCUT2D eigenvalue weighted by molar-refractivity contribution is 0.637. The molecule has 2 heterocycles. The number of furan rings is 1. The summed E-state index contributed by atoms with van der Waals surface area (Å²) >= 11 is 0. The molecule has 0 amide bonds. The minimum Gasteiger partial charge on any atom is -0.439 e. The molecule has 0 aliphatic rings. The molecule has 0 unspecified atom stereocenters. The maximum absolute atomic E-state index is 5.55. The third-order valence-electron chi connectivity index (χ3n) is 2.22. The summed E-state index contributed by atoms with van der Waals surface area (Å²) in [5.41, 5.74) is 8.05. The first-order valence-electron chi connectivity index (χ1n) is 4.38. The first-order valence-corrected chi connectivity index (χ1v) is 4.38. The van der Waals surface area contributed by atoms with Crippen LogP contribution >= 0.6 is 0 Å². The number of hydrogen-bond acceptors (Lipinski definition) is 3. The molecule has 0 saturated carbocycles. The Balaban J connectivity index is 2.51.